The van der Waals surface area contributed by atoms with Crippen molar-refractivity contribution in [3.05, 3.63) is 48.0 Å². The van der Waals surface area contributed by atoms with Gasteiger partial charge in [0.25, 0.3) is 0 Å². The second-order valence-corrected chi connectivity index (χ2v) is 5.45. The molecule has 2 heteroatoms. The van der Waals surface area contributed by atoms with Crippen LogP contribution in [-0.4, -0.2) is 19.1 Å². The van der Waals surface area contributed by atoms with Gasteiger partial charge in [0.1, 0.15) is 0 Å². The van der Waals surface area contributed by atoms with Gasteiger partial charge in [-0.25, -0.2) is 0 Å². The van der Waals surface area contributed by atoms with Crippen molar-refractivity contribution in [1.29, 1.82) is 0 Å². The van der Waals surface area contributed by atoms with Crippen LogP contribution < -0.4 is 10.6 Å². The maximum absolute atomic E-state index is 3.58. The van der Waals surface area contributed by atoms with Crippen LogP contribution in [0.2, 0.25) is 0 Å². The van der Waals surface area contributed by atoms with Gasteiger partial charge in [-0.15, -0.1) is 0 Å². The van der Waals surface area contributed by atoms with E-state index < -0.39 is 0 Å². The van der Waals surface area contributed by atoms with Crippen molar-refractivity contribution in [2.45, 2.75) is 25.9 Å². The summed E-state index contributed by atoms with van der Waals surface area (Å²) in [6.45, 7) is 6.29. The van der Waals surface area contributed by atoms with Crippen LogP contribution in [-0.2, 0) is 6.54 Å². The van der Waals surface area contributed by atoms with Crippen molar-refractivity contribution >= 4 is 10.8 Å². The summed E-state index contributed by atoms with van der Waals surface area (Å²) in [4.78, 5) is 0. The maximum atomic E-state index is 3.58. The van der Waals surface area contributed by atoms with E-state index in [9.17, 15) is 0 Å². The fraction of sp³-hybridized carbons (Fsp3) is 0.375. The minimum absolute atomic E-state index is 0.112. The standard InChI is InChI=1S/C16H22N2/c1-16(2,12-17-3)18-11-13-8-9-14-6-4-5-7-15(14)10-13/h4-10,17-18H,11-12H2,1-3H3. The Labute approximate surface area is 109 Å². The number of hydrogen-bond donors (Lipinski definition) is 2. The highest BCUT2D eigenvalue weighted by Gasteiger charge is 2.15. The van der Waals surface area contributed by atoms with Gasteiger partial charge in [-0.2, -0.15) is 0 Å². The molecule has 2 rings (SSSR count). The van der Waals surface area contributed by atoms with Crippen LogP contribution in [0.15, 0.2) is 42.5 Å². The summed E-state index contributed by atoms with van der Waals surface area (Å²) in [6.07, 6.45) is 0. The molecule has 0 heterocycles. The predicted octanol–water partition coefficient (Wildman–Crippen LogP) is 2.93. The molecule has 0 atom stereocenters. The van der Waals surface area contributed by atoms with Crippen LogP contribution in [0.4, 0.5) is 0 Å². The quantitative estimate of drug-likeness (QED) is 0.842. The first-order valence-electron chi connectivity index (χ1n) is 6.48. The molecule has 96 valence electrons. The highest BCUT2D eigenvalue weighted by Crippen LogP contribution is 2.16. The SMILES string of the molecule is CNCC(C)(C)NCc1ccc2ccccc2c1. The first-order chi connectivity index (χ1) is 8.61. The average Bonchev–Trinajstić information content (AvgIpc) is 2.36. The molecule has 0 saturated carbocycles. The summed E-state index contributed by atoms with van der Waals surface area (Å²) < 4.78 is 0. The molecule has 0 saturated heterocycles. The third-order valence-corrected chi connectivity index (χ3v) is 3.20. The van der Waals surface area contributed by atoms with Gasteiger partial charge < -0.3 is 10.6 Å². The van der Waals surface area contributed by atoms with E-state index in [4.69, 9.17) is 0 Å². The Morgan fingerprint density at radius 1 is 1.00 bits per heavy atom. The molecule has 2 N–H and O–H groups in total. The van der Waals surface area contributed by atoms with Crippen LogP contribution >= 0.6 is 0 Å². The van der Waals surface area contributed by atoms with Gasteiger partial charge >= 0.3 is 0 Å². The molecule has 2 nitrogen and oxygen atoms in total. The normalized spacial score (nSPS) is 11.9. The second kappa shape index (κ2) is 5.51. The maximum Gasteiger partial charge on any atom is 0.0252 e. The predicted molar refractivity (Wildman–Crippen MR) is 78.8 cm³/mol. The van der Waals surface area contributed by atoms with Crippen LogP contribution in [0, 0.1) is 0 Å². The van der Waals surface area contributed by atoms with Crippen molar-refractivity contribution in [2.75, 3.05) is 13.6 Å². The third-order valence-electron chi connectivity index (χ3n) is 3.20. The number of rotatable bonds is 5. The van der Waals surface area contributed by atoms with Crippen LogP contribution in [0.5, 0.6) is 0 Å². The summed E-state index contributed by atoms with van der Waals surface area (Å²) in [7, 11) is 1.99. The molecule has 0 aromatic heterocycles. The van der Waals surface area contributed by atoms with Gasteiger partial charge in [-0.3, -0.25) is 0 Å². The van der Waals surface area contributed by atoms with Crippen LogP contribution in [0.1, 0.15) is 19.4 Å². The van der Waals surface area contributed by atoms with E-state index in [1.807, 2.05) is 7.05 Å². The molecule has 0 aliphatic carbocycles. The summed E-state index contributed by atoms with van der Waals surface area (Å²) in [6, 6.07) is 15.1. The summed E-state index contributed by atoms with van der Waals surface area (Å²) >= 11 is 0. The Kier molecular flexibility index (Phi) is 4.00. The first-order valence-corrected chi connectivity index (χ1v) is 6.48. The topological polar surface area (TPSA) is 24.1 Å². The molecule has 2 aromatic carbocycles. The zero-order valence-corrected chi connectivity index (χ0v) is 11.5. The number of likely N-dealkylation sites (N-methyl/N-ethyl adjacent to an activating group) is 1. The Hall–Kier alpha value is -1.38. The first kappa shape index (κ1) is 13.1. The molecule has 18 heavy (non-hydrogen) atoms. The zero-order chi connectivity index (χ0) is 13.0. The number of nitrogens with one attached hydrogen (secondary N) is 2. The molecule has 0 aliphatic heterocycles. The van der Waals surface area contributed by atoms with Crippen molar-refractivity contribution < 1.29 is 0 Å². The molecular formula is C16H22N2. The van der Waals surface area contributed by atoms with Gasteiger partial charge in [0.05, 0.1) is 0 Å². The average molecular weight is 242 g/mol. The Morgan fingerprint density at radius 3 is 2.44 bits per heavy atom. The lowest BCUT2D eigenvalue weighted by molar-refractivity contribution is 0.374. The monoisotopic (exact) mass is 242 g/mol. The minimum atomic E-state index is 0.112. The van der Waals surface area contributed by atoms with Crippen molar-refractivity contribution in [2.24, 2.45) is 0 Å². The molecule has 0 radical (unpaired) electrons. The summed E-state index contributed by atoms with van der Waals surface area (Å²) in [5.74, 6) is 0. The molecule has 0 unspecified atom stereocenters. The van der Waals surface area contributed by atoms with E-state index in [0.717, 1.165) is 13.1 Å². The highest BCUT2D eigenvalue weighted by molar-refractivity contribution is 5.82. The van der Waals surface area contributed by atoms with Gasteiger partial charge in [0.15, 0.2) is 0 Å². The van der Waals surface area contributed by atoms with E-state index in [2.05, 4.69) is 66.9 Å². The van der Waals surface area contributed by atoms with Crippen molar-refractivity contribution in [3.63, 3.8) is 0 Å². The molecular weight excluding hydrogens is 220 g/mol. The molecule has 0 aliphatic rings. The largest absolute Gasteiger partial charge is 0.318 e. The van der Waals surface area contributed by atoms with Crippen molar-refractivity contribution in [3.8, 4) is 0 Å². The number of benzene rings is 2. The summed E-state index contributed by atoms with van der Waals surface area (Å²) in [5.41, 5.74) is 1.44. The van der Waals surface area contributed by atoms with Gasteiger partial charge in [0, 0.05) is 18.6 Å². The lowest BCUT2D eigenvalue weighted by atomic mass is 10.0. The minimum Gasteiger partial charge on any atom is -0.318 e. The Morgan fingerprint density at radius 2 is 1.72 bits per heavy atom. The molecule has 0 spiro atoms. The van der Waals surface area contributed by atoms with E-state index in [0.29, 0.717) is 0 Å². The summed E-state index contributed by atoms with van der Waals surface area (Å²) in [5, 5.41) is 9.40. The van der Waals surface area contributed by atoms with Gasteiger partial charge in [0.2, 0.25) is 0 Å². The van der Waals surface area contributed by atoms with Gasteiger partial charge in [-0.05, 0) is 43.3 Å². The van der Waals surface area contributed by atoms with E-state index in [1.54, 1.807) is 0 Å². The Bertz CT molecular complexity index is 517. The van der Waals surface area contributed by atoms with E-state index in [1.165, 1.54) is 16.3 Å². The smallest absolute Gasteiger partial charge is 0.0252 e. The van der Waals surface area contributed by atoms with Crippen LogP contribution in [0.25, 0.3) is 10.8 Å². The van der Waals surface area contributed by atoms with Crippen molar-refractivity contribution in [1.82, 2.24) is 10.6 Å². The fourth-order valence-electron chi connectivity index (χ4n) is 2.19. The second-order valence-electron chi connectivity index (χ2n) is 5.45. The molecule has 0 amide bonds. The molecule has 0 bridgehead atoms. The van der Waals surface area contributed by atoms with E-state index in [-0.39, 0.29) is 5.54 Å². The number of hydrogen-bond acceptors (Lipinski definition) is 2. The lowest BCUT2D eigenvalue weighted by Crippen LogP contribution is -2.46. The third kappa shape index (κ3) is 3.31. The number of fused-ring (bicyclic) bond motifs is 1. The fourth-order valence-corrected chi connectivity index (χ4v) is 2.19. The Balaban J connectivity index is 2.08. The highest BCUT2D eigenvalue weighted by atomic mass is 15.0. The van der Waals surface area contributed by atoms with Crippen LogP contribution in [0.3, 0.4) is 0 Å². The van der Waals surface area contributed by atoms with E-state index >= 15 is 0 Å². The molecule has 0 fully saturated rings. The zero-order valence-electron chi connectivity index (χ0n) is 11.5. The van der Waals surface area contributed by atoms with Gasteiger partial charge in [-0.1, -0.05) is 36.4 Å². The molecule has 2 aromatic rings. The lowest BCUT2D eigenvalue weighted by Gasteiger charge is -2.26.